The maximum atomic E-state index is 11.3. The molecule has 0 aromatic rings. The number of likely N-dealkylation sites (tertiary alicyclic amines) is 1. The highest BCUT2D eigenvalue weighted by atomic mass is 16.5. The number of rotatable bonds is 4. The van der Waals surface area contributed by atoms with Crippen molar-refractivity contribution >= 4 is 5.97 Å². The van der Waals surface area contributed by atoms with Crippen LogP contribution < -0.4 is 5.32 Å². The minimum atomic E-state index is -0.0953. The van der Waals surface area contributed by atoms with Crippen molar-refractivity contribution in [2.75, 3.05) is 26.7 Å². The molecule has 2 heterocycles. The number of ether oxygens (including phenoxy) is 1. The molecule has 104 valence electrons. The molecule has 2 saturated heterocycles. The molecule has 0 saturated carbocycles. The first kappa shape index (κ1) is 13.8. The Morgan fingerprint density at radius 3 is 2.67 bits per heavy atom. The molecule has 2 atom stereocenters. The topological polar surface area (TPSA) is 41.6 Å². The van der Waals surface area contributed by atoms with E-state index in [1.165, 1.54) is 39.3 Å². The maximum Gasteiger partial charge on any atom is 0.307 e. The van der Waals surface area contributed by atoms with Crippen molar-refractivity contribution in [2.45, 2.75) is 51.1 Å². The Bertz CT molecular complexity index is 269. The summed E-state index contributed by atoms with van der Waals surface area (Å²) in [6.07, 6.45) is 5.74. The van der Waals surface area contributed by atoms with Crippen molar-refractivity contribution in [3.05, 3.63) is 0 Å². The Morgan fingerprint density at radius 1 is 1.39 bits per heavy atom. The van der Waals surface area contributed by atoms with Crippen LogP contribution in [0.3, 0.4) is 0 Å². The van der Waals surface area contributed by atoms with Crippen LogP contribution in [-0.2, 0) is 9.53 Å². The smallest absolute Gasteiger partial charge is 0.307 e. The molecule has 0 bridgehead atoms. The lowest BCUT2D eigenvalue weighted by molar-refractivity contribution is -0.142. The molecule has 0 spiro atoms. The second-order valence-corrected chi connectivity index (χ2v) is 5.71. The first-order chi connectivity index (χ1) is 8.70. The molecule has 0 aromatic carbocycles. The van der Waals surface area contributed by atoms with Gasteiger partial charge in [0.05, 0.1) is 13.5 Å². The molecule has 0 amide bonds. The van der Waals surface area contributed by atoms with Crippen molar-refractivity contribution in [2.24, 2.45) is 5.92 Å². The van der Waals surface area contributed by atoms with Crippen molar-refractivity contribution < 1.29 is 9.53 Å². The summed E-state index contributed by atoms with van der Waals surface area (Å²) in [6.45, 7) is 5.58. The number of methoxy groups -OCH3 is 1. The molecule has 4 nitrogen and oxygen atoms in total. The number of esters is 1. The van der Waals surface area contributed by atoms with E-state index in [0.29, 0.717) is 12.5 Å². The van der Waals surface area contributed by atoms with Crippen LogP contribution in [0.4, 0.5) is 0 Å². The van der Waals surface area contributed by atoms with Gasteiger partial charge >= 0.3 is 5.97 Å². The third-order valence-corrected chi connectivity index (χ3v) is 4.55. The number of hydrogen-bond acceptors (Lipinski definition) is 4. The molecule has 1 N–H and O–H groups in total. The quantitative estimate of drug-likeness (QED) is 0.770. The normalized spacial score (nSPS) is 28.2. The molecular formula is C14H26N2O2. The highest BCUT2D eigenvalue weighted by Gasteiger charge is 2.30. The first-order valence-corrected chi connectivity index (χ1v) is 7.25. The number of piperidine rings is 1. The van der Waals surface area contributed by atoms with Gasteiger partial charge in [0.15, 0.2) is 0 Å². The van der Waals surface area contributed by atoms with Gasteiger partial charge in [0.2, 0.25) is 0 Å². The van der Waals surface area contributed by atoms with Crippen LogP contribution in [0.1, 0.15) is 39.0 Å². The lowest BCUT2D eigenvalue weighted by atomic mass is 9.88. The highest BCUT2D eigenvalue weighted by molar-refractivity contribution is 5.69. The number of nitrogens with zero attached hydrogens (tertiary/aromatic N) is 1. The van der Waals surface area contributed by atoms with E-state index in [4.69, 9.17) is 4.74 Å². The molecular weight excluding hydrogens is 228 g/mol. The number of hydrogen-bond donors (Lipinski definition) is 1. The molecule has 2 fully saturated rings. The van der Waals surface area contributed by atoms with Gasteiger partial charge in [-0.2, -0.15) is 0 Å². The lowest BCUT2D eigenvalue weighted by Gasteiger charge is -2.37. The Kier molecular flexibility index (Phi) is 5.01. The zero-order valence-electron chi connectivity index (χ0n) is 11.7. The summed E-state index contributed by atoms with van der Waals surface area (Å²) in [5.41, 5.74) is 0. The Labute approximate surface area is 110 Å². The van der Waals surface area contributed by atoms with Gasteiger partial charge in [-0.25, -0.2) is 0 Å². The second-order valence-electron chi connectivity index (χ2n) is 5.71. The van der Waals surface area contributed by atoms with Gasteiger partial charge < -0.3 is 15.0 Å². The summed E-state index contributed by atoms with van der Waals surface area (Å²) >= 11 is 0. The van der Waals surface area contributed by atoms with Crippen LogP contribution in [0.2, 0.25) is 0 Å². The van der Waals surface area contributed by atoms with Crippen LogP contribution in [0, 0.1) is 5.92 Å². The monoisotopic (exact) mass is 254 g/mol. The average molecular weight is 254 g/mol. The van der Waals surface area contributed by atoms with Gasteiger partial charge in [0, 0.05) is 12.1 Å². The maximum absolute atomic E-state index is 11.3. The van der Waals surface area contributed by atoms with E-state index in [2.05, 4.69) is 17.1 Å². The molecule has 0 aliphatic carbocycles. The van der Waals surface area contributed by atoms with Gasteiger partial charge in [-0.05, 0) is 58.2 Å². The van der Waals surface area contributed by atoms with E-state index < -0.39 is 0 Å². The molecule has 18 heavy (non-hydrogen) atoms. The van der Waals surface area contributed by atoms with Gasteiger partial charge in [-0.3, -0.25) is 4.79 Å². The zero-order chi connectivity index (χ0) is 13.0. The first-order valence-electron chi connectivity index (χ1n) is 7.25. The van der Waals surface area contributed by atoms with Crippen molar-refractivity contribution in [1.82, 2.24) is 10.2 Å². The van der Waals surface area contributed by atoms with Gasteiger partial charge in [0.25, 0.3) is 0 Å². The summed E-state index contributed by atoms with van der Waals surface area (Å²) in [6, 6.07) is 1.07. The Balaban J connectivity index is 1.73. The van der Waals surface area contributed by atoms with Gasteiger partial charge in [-0.15, -0.1) is 0 Å². The zero-order valence-corrected chi connectivity index (χ0v) is 11.7. The fourth-order valence-electron chi connectivity index (χ4n) is 3.33. The van der Waals surface area contributed by atoms with Crippen molar-refractivity contribution in [3.63, 3.8) is 0 Å². The molecule has 4 heteroatoms. The number of carbonyl (C=O) groups excluding carboxylic acids is 1. The van der Waals surface area contributed by atoms with Crippen LogP contribution in [0.15, 0.2) is 0 Å². The van der Waals surface area contributed by atoms with E-state index in [1.54, 1.807) is 0 Å². The summed E-state index contributed by atoms with van der Waals surface area (Å²) in [4.78, 5) is 13.7. The van der Waals surface area contributed by atoms with Crippen molar-refractivity contribution in [1.29, 1.82) is 0 Å². The van der Waals surface area contributed by atoms with Crippen LogP contribution in [-0.4, -0.2) is 49.7 Å². The van der Waals surface area contributed by atoms with Crippen molar-refractivity contribution in [3.8, 4) is 0 Å². The third-order valence-electron chi connectivity index (χ3n) is 4.55. The Morgan fingerprint density at radius 2 is 2.11 bits per heavy atom. The van der Waals surface area contributed by atoms with E-state index >= 15 is 0 Å². The SMILES string of the molecule is COC(=O)CC(C)N1CCC(C2CCCN2)CC1. The molecule has 2 aliphatic rings. The average Bonchev–Trinajstić information content (AvgIpc) is 2.92. The molecule has 2 unspecified atom stereocenters. The van der Waals surface area contributed by atoms with Gasteiger partial charge in [0.1, 0.15) is 0 Å². The molecule has 2 rings (SSSR count). The predicted octanol–water partition coefficient (Wildman–Crippen LogP) is 1.40. The summed E-state index contributed by atoms with van der Waals surface area (Å²) in [5, 5.41) is 3.62. The van der Waals surface area contributed by atoms with E-state index in [-0.39, 0.29) is 5.97 Å². The summed E-state index contributed by atoms with van der Waals surface area (Å²) in [5.74, 6) is 0.746. The Hall–Kier alpha value is -0.610. The number of nitrogens with one attached hydrogen (secondary N) is 1. The predicted molar refractivity (Wildman–Crippen MR) is 71.4 cm³/mol. The van der Waals surface area contributed by atoms with Crippen LogP contribution >= 0.6 is 0 Å². The molecule has 0 radical (unpaired) electrons. The van der Waals surface area contributed by atoms with Gasteiger partial charge in [-0.1, -0.05) is 0 Å². The molecule has 0 aromatic heterocycles. The minimum absolute atomic E-state index is 0.0953. The van der Waals surface area contributed by atoms with E-state index in [0.717, 1.165) is 25.0 Å². The fraction of sp³-hybridized carbons (Fsp3) is 0.929. The largest absolute Gasteiger partial charge is 0.469 e. The second kappa shape index (κ2) is 6.53. The number of carbonyl (C=O) groups is 1. The third kappa shape index (κ3) is 3.45. The summed E-state index contributed by atoms with van der Waals surface area (Å²) in [7, 11) is 1.47. The van der Waals surface area contributed by atoms with E-state index in [1.807, 2.05) is 0 Å². The highest BCUT2D eigenvalue weighted by Crippen LogP contribution is 2.26. The summed E-state index contributed by atoms with van der Waals surface area (Å²) < 4.78 is 4.74. The van der Waals surface area contributed by atoms with E-state index in [9.17, 15) is 4.79 Å². The minimum Gasteiger partial charge on any atom is -0.469 e. The molecule has 2 aliphatic heterocycles. The fourth-order valence-corrected chi connectivity index (χ4v) is 3.33. The van der Waals surface area contributed by atoms with Crippen LogP contribution in [0.25, 0.3) is 0 Å². The van der Waals surface area contributed by atoms with Crippen LogP contribution in [0.5, 0.6) is 0 Å². The lowest BCUT2D eigenvalue weighted by Crippen LogP contribution is -2.44. The standard InChI is InChI=1S/C14H26N2O2/c1-11(10-14(17)18-2)16-8-5-12(6-9-16)13-4-3-7-15-13/h11-13,15H,3-10H2,1-2H3.